The first kappa shape index (κ1) is 27.4. The highest BCUT2D eigenvalue weighted by Crippen LogP contribution is 2.41. The summed E-state index contributed by atoms with van der Waals surface area (Å²) in [7, 11) is 1.74. The van der Waals surface area contributed by atoms with Gasteiger partial charge in [-0.25, -0.2) is 0 Å². The number of ether oxygens (including phenoxy) is 2. The number of piperidine rings is 1. The maximum absolute atomic E-state index is 9.93. The van der Waals surface area contributed by atoms with Gasteiger partial charge < -0.3 is 19.5 Å². The van der Waals surface area contributed by atoms with Crippen LogP contribution in [0.5, 0.6) is 17.2 Å². The molecule has 1 fully saturated rings. The molecule has 208 valence electrons. The molecule has 2 aliphatic rings. The van der Waals surface area contributed by atoms with Crippen molar-refractivity contribution in [2.75, 3.05) is 44.8 Å². The van der Waals surface area contributed by atoms with Gasteiger partial charge in [0.25, 0.3) is 0 Å². The van der Waals surface area contributed by atoms with Gasteiger partial charge in [0.2, 0.25) is 0 Å². The van der Waals surface area contributed by atoms with E-state index in [1.165, 1.54) is 60.3 Å². The smallest absolute Gasteiger partial charge is 0.120 e. The Balaban J connectivity index is 1.31. The van der Waals surface area contributed by atoms with Crippen molar-refractivity contribution in [3.05, 3.63) is 82.9 Å². The van der Waals surface area contributed by atoms with E-state index in [4.69, 9.17) is 9.47 Å². The van der Waals surface area contributed by atoms with Crippen LogP contribution in [0, 0.1) is 0 Å². The summed E-state index contributed by atoms with van der Waals surface area (Å²) in [6.07, 6.45) is 7.04. The lowest BCUT2D eigenvalue weighted by atomic mass is 9.79. The molecule has 5 nitrogen and oxygen atoms in total. The second-order valence-corrected chi connectivity index (χ2v) is 11.1. The fourth-order valence-electron chi connectivity index (χ4n) is 6.40. The molecule has 5 heteroatoms. The molecule has 3 aromatic rings. The first-order chi connectivity index (χ1) is 19.1. The zero-order valence-electron chi connectivity index (χ0n) is 23.9. The number of aryl methyl sites for hydroxylation is 1. The molecule has 1 aliphatic heterocycles. The van der Waals surface area contributed by atoms with Crippen LogP contribution < -0.4 is 14.4 Å². The van der Waals surface area contributed by atoms with E-state index in [0.29, 0.717) is 11.7 Å². The maximum atomic E-state index is 9.93. The quantitative estimate of drug-likeness (QED) is 0.303. The SMILES string of the molecule is CCN(c1cc(OC)ccc1[C@@H]1CCc2cc(O)ccc2C1)C(C)c1ccc(OCCN2CCCCC2)cc1. The van der Waals surface area contributed by atoms with Gasteiger partial charge in [-0.05, 0) is 118 Å². The van der Waals surface area contributed by atoms with E-state index in [9.17, 15) is 5.11 Å². The standard InChI is InChI=1S/C34H44N2O3/c1-4-36(25(2)26-11-14-31(15-12-26)39-21-20-35-18-6-5-7-19-35)34-24-32(38-3)16-17-33(34)29-9-8-28-23-30(37)13-10-27(28)22-29/h10-17,23-25,29,37H,4-9,18-22H2,1-3H3/t25?,29-/m1/s1. The monoisotopic (exact) mass is 528 g/mol. The Morgan fingerprint density at radius 3 is 2.46 bits per heavy atom. The number of likely N-dealkylation sites (tertiary alicyclic amines) is 1. The highest BCUT2D eigenvalue weighted by Gasteiger charge is 2.26. The minimum Gasteiger partial charge on any atom is -0.508 e. The fourth-order valence-corrected chi connectivity index (χ4v) is 6.40. The first-order valence-corrected chi connectivity index (χ1v) is 14.8. The van der Waals surface area contributed by atoms with Crippen LogP contribution in [0.15, 0.2) is 60.7 Å². The van der Waals surface area contributed by atoms with Gasteiger partial charge in [0.1, 0.15) is 23.9 Å². The summed E-state index contributed by atoms with van der Waals surface area (Å²) in [4.78, 5) is 5.01. The molecule has 0 radical (unpaired) electrons. The number of anilines is 1. The highest BCUT2D eigenvalue weighted by molar-refractivity contribution is 5.61. The van der Waals surface area contributed by atoms with Crippen LogP contribution in [-0.4, -0.2) is 49.9 Å². The van der Waals surface area contributed by atoms with Gasteiger partial charge in [0.15, 0.2) is 0 Å². The summed E-state index contributed by atoms with van der Waals surface area (Å²) in [5.41, 5.74) is 6.52. The van der Waals surface area contributed by atoms with Crippen LogP contribution in [0.3, 0.4) is 0 Å². The summed E-state index contributed by atoms with van der Waals surface area (Å²) in [6.45, 7) is 9.58. The molecule has 0 saturated carbocycles. The summed E-state index contributed by atoms with van der Waals surface area (Å²) in [5.74, 6) is 2.62. The number of rotatable bonds is 10. The number of methoxy groups -OCH3 is 1. The predicted octanol–water partition coefficient (Wildman–Crippen LogP) is 7.13. The van der Waals surface area contributed by atoms with E-state index < -0.39 is 0 Å². The topological polar surface area (TPSA) is 45.2 Å². The Hall–Kier alpha value is -3.18. The van der Waals surface area contributed by atoms with Crippen molar-refractivity contribution in [1.29, 1.82) is 0 Å². The van der Waals surface area contributed by atoms with Gasteiger partial charge in [-0.3, -0.25) is 4.90 Å². The Labute approximate surface area is 234 Å². The van der Waals surface area contributed by atoms with Crippen molar-refractivity contribution in [2.45, 2.75) is 64.3 Å². The Morgan fingerprint density at radius 1 is 0.949 bits per heavy atom. The molecule has 0 bridgehead atoms. The lowest BCUT2D eigenvalue weighted by Gasteiger charge is -2.35. The number of fused-ring (bicyclic) bond motifs is 1. The number of aromatic hydroxyl groups is 1. The molecular weight excluding hydrogens is 484 g/mol. The number of phenolic OH excluding ortho intramolecular Hbond substituents is 1. The van der Waals surface area contributed by atoms with Crippen molar-refractivity contribution in [1.82, 2.24) is 4.90 Å². The van der Waals surface area contributed by atoms with E-state index in [-0.39, 0.29) is 6.04 Å². The molecule has 1 unspecified atom stereocenters. The largest absolute Gasteiger partial charge is 0.508 e. The zero-order chi connectivity index (χ0) is 27.2. The Kier molecular flexibility index (Phi) is 8.98. The highest BCUT2D eigenvalue weighted by atomic mass is 16.5. The van der Waals surface area contributed by atoms with Crippen LogP contribution in [0.25, 0.3) is 0 Å². The van der Waals surface area contributed by atoms with E-state index in [1.807, 2.05) is 12.1 Å². The van der Waals surface area contributed by atoms with E-state index in [1.54, 1.807) is 7.11 Å². The van der Waals surface area contributed by atoms with E-state index >= 15 is 0 Å². The Morgan fingerprint density at radius 2 is 1.72 bits per heavy atom. The molecule has 1 N–H and O–H groups in total. The van der Waals surface area contributed by atoms with Gasteiger partial charge in [0, 0.05) is 24.8 Å². The maximum Gasteiger partial charge on any atom is 0.120 e. The summed E-state index contributed by atoms with van der Waals surface area (Å²) >= 11 is 0. The lowest BCUT2D eigenvalue weighted by Crippen LogP contribution is -2.33. The van der Waals surface area contributed by atoms with Crippen LogP contribution in [0.1, 0.15) is 73.7 Å². The molecular formula is C34H44N2O3. The van der Waals surface area contributed by atoms with Crippen molar-refractivity contribution >= 4 is 5.69 Å². The normalized spacial score (nSPS) is 18.3. The van der Waals surface area contributed by atoms with Crippen LogP contribution in [0.4, 0.5) is 5.69 Å². The molecule has 1 saturated heterocycles. The lowest BCUT2D eigenvalue weighted by molar-refractivity contribution is 0.183. The van der Waals surface area contributed by atoms with Crippen molar-refractivity contribution in [3.8, 4) is 17.2 Å². The first-order valence-electron chi connectivity index (χ1n) is 14.8. The van der Waals surface area contributed by atoms with Gasteiger partial charge >= 0.3 is 0 Å². The number of phenols is 1. The van der Waals surface area contributed by atoms with Gasteiger partial charge in [-0.2, -0.15) is 0 Å². The molecule has 0 spiro atoms. The average Bonchev–Trinajstić information content (AvgIpc) is 2.98. The second-order valence-electron chi connectivity index (χ2n) is 11.1. The molecule has 1 heterocycles. The number of hydrogen-bond acceptors (Lipinski definition) is 5. The predicted molar refractivity (Wildman–Crippen MR) is 160 cm³/mol. The second kappa shape index (κ2) is 12.8. The van der Waals surface area contributed by atoms with Crippen molar-refractivity contribution < 1.29 is 14.6 Å². The van der Waals surface area contributed by atoms with Crippen LogP contribution in [0.2, 0.25) is 0 Å². The van der Waals surface area contributed by atoms with Crippen LogP contribution >= 0.6 is 0 Å². The molecule has 39 heavy (non-hydrogen) atoms. The Bertz CT molecular complexity index is 1220. The van der Waals surface area contributed by atoms with Gasteiger partial charge in [-0.15, -0.1) is 0 Å². The third-order valence-electron chi connectivity index (χ3n) is 8.70. The summed E-state index contributed by atoms with van der Waals surface area (Å²) in [5, 5.41) is 9.93. The van der Waals surface area contributed by atoms with Gasteiger partial charge in [0.05, 0.1) is 13.2 Å². The molecule has 2 atom stereocenters. The molecule has 0 aromatic heterocycles. The minimum atomic E-state index is 0.205. The van der Waals surface area contributed by atoms with Gasteiger partial charge in [-0.1, -0.05) is 30.7 Å². The van der Waals surface area contributed by atoms with Crippen molar-refractivity contribution in [2.24, 2.45) is 0 Å². The van der Waals surface area contributed by atoms with Crippen LogP contribution in [-0.2, 0) is 12.8 Å². The fraction of sp³-hybridized carbons (Fsp3) is 0.471. The third kappa shape index (κ3) is 6.52. The number of nitrogens with zero attached hydrogens (tertiary/aromatic N) is 2. The minimum absolute atomic E-state index is 0.205. The molecule has 3 aromatic carbocycles. The summed E-state index contributed by atoms with van der Waals surface area (Å²) < 4.78 is 11.8. The zero-order valence-corrected chi connectivity index (χ0v) is 23.9. The van der Waals surface area contributed by atoms with Crippen molar-refractivity contribution in [3.63, 3.8) is 0 Å². The number of benzene rings is 3. The number of hydrogen-bond donors (Lipinski definition) is 1. The molecule has 5 rings (SSSR count). The third-order valence-corrected chi connectivity index (χ3v) is 8.70. The van der Waals surface area contributed by atoms with E-state index in [0.717, 1.165) is 50.5 Å². The summed E-state index contributed by atoms with van der Waals surface area (Å²) in [6, 6.07) is 21.3. The molecule has 1 aliphatic carbocycles. The van der Waals surface area contributed by atoms with E-state index in [2.05, 4.69) is 72.2 Å². The molecule has 0 amide bonds. The average molecular weight is 529 g/mol.